The number of hydrogen-bond acceptors (Lipinski definition) is 4. The van der Waals surface area contributed by atoms with Gasteiger partial charge in [0.25, 0.3) is 0 Å². The SMILES string of the molecule is O.O.O.O.O.O.O.O=C(O)/C=C/C(=O)O.O=S(=O)(O)O.[Fe]. The molecule has 0 saturated heterocycles. The number of carboxylic acids is 2. The molecule has 0 saturated carbocycles. The number of carboxylic acid groups (broad SMARTS) is 2. The Labute approximate surface area is 128 Å². The molecular formula is C4H20FeO15S. The van der Waals surface area contributed by atoms with E-state index in [1.807, 2.05) is 0 Å². The molecule has 0 aliphatic rings. The van der Waals surface area contributed by atoms with E-state index < -0.39 is 22.3 Å². The van der Waals surface area contributed by atoms with Gasteiger partial charge in [0.15, 0.2) is 0 Å². The van der Waals surface area contributed by atoms with Gasteiger partial charge in [-0.25, -0.2) is 9.59 Å². The van der Waals surface area contributed by atoms with E-state index in [0.717, 1.165) is 0 Å². The predicted molar refractivity (Wildman–Crippen MR) is 63.9 cm³/mol. The van der Waals surface area contributed by atoms with Crippen LogP contribution in [0.15, 0.2) is 12.2 Å². The molecule has 0 spiro atoms. The van der Waals surface area contributed by atoms with Crippen molar-refractivity contribution in [3.63, 3.8) is 0 Å². The minimum Gasteiger partial charge on any atom is -0.478 e. The van der Waals surface area contributed by atoms with Crippen LogP contribution in [0.5, 0.6) is 0 Å². The van der Waals surface area contributed by atoms with Crippen molar-refractivity contribution in [2.45, 2.75) is 0 Å². The second-order valence-electron chi connectivity index (χ2n) is 1.46. The summed E-state index contributed by atoms with van der Waals surface area (Å²) < 4.78 is 31.6. The van der Waals surface area contributed by atoms with Gasteiger partial charge < -0.3 is 48.5 Å². The van der Waals surface area contributed by atoms with Crippen LogP contribution in [-0.4, -0.2) is 78.0 Å². The second-order valence-corrected chi connectivity index (χ2v) is 2.35. The Bertz CT molecular complexity index is 284. The molecule has 15 nitrogen and oxygen atoms in total. The van der Waals surface area contributed by atoms with Crippen molar-refractivity contribution in [1.82, 2.24) is 0 Å². The summed E-state index contributed by atoms with van der Waals surface area (Å²) in [5.74, 6) is -2.51. The standard InChI is InChI=1S/C4H4O4.Fe.H2O4S.7H2O/c5-3(6)1-2-4(7)8;;1-5(2,3)4;;;;;;;/h1-2H,(H,5,6)(H,7,8);;(H2,1,2,3,4);7*1H2/b2-1+;;;;;;;;;. The van der Waals surface area contributed by atoms with Crippen molar-refractivity contribution in [2.24, 2.45) is 0 Å². The molecule has 0 atom stereocenters. The zero-order chi connectivity index (χ0) is 11.1. The fourth-order valence-corrected chi connectivity index (χ4v) is 0.143. The van der Waals surface area contributed by atoms with Crippen molar-refractivity contribution in [2.75, 3.05) is 0 Å². The van der Waals surface area contributed by atoms with Crippen LogP contribution >= 0.6 is 0 Å². The third-order valence-corrected chi connectivity index (χ3v) is 0.368. The topological polar surface area (TPSA) is 370 Å². The largest absolute Gasteiger partial charge is 0.478 e. The van der Waals surface area contributed by atoms with Gasteiger partial charge in [-0.1, -0.05) is 0 Å². The number of hydrogen-bond donors (Lipinski definition) is 4. The van der Waals surface area contributed by atoms with E-state index in [4.69, 9.17) is 27.7 Å². The van der Waals surface area contributed by atoms with Gasteiger partial charge in [-0.2, -0.15) is 8.42 Å². The molecule has 0 radical (unpaired) electrons. The van der Waals surface area contributed by atoms with E-state index in [1.165, 1.54) is 0 Å². The van der Waals surface area contributed by atoms with Crippen molar-refractivity contribution in [3.8, 4) is 0 Å². The molecule has 0 heterocycles. The summed E-state index contributed by atoms with van der Waals surface area (Å²) in [5.41, 5.74) is 0. The number of rotatable bonds is 2. The molecule has 17 heteroatoms. The monoisotopic (exact) mass is 396 g/mol. The first-order valence-corrected chi connectivity index (χ1v) is 3.86. The quantitative estimate of drug-likeness (QED) is 0.197. The normalized spacial score (nSPS) is 6.38. The maximum atomic E-state index is 9.55. The van der Waals surface area contributed by atoms with Crippen LogP contribution in [0.4, 0.5) is 0 Å². The van der Waals surface area contributed by atoms with E-state index in [0.29, 0.717) is 12.2 Å². The summed E-state index contributed by atoms with van der Waals surface area (Å²) in [6, 6.07) is 0. The van der Waals surface area contributed by atoms with Gasteiger partial charge in [0.05, 0.1) is 0 Å². The second kappa shape index (κ2) is 36.4. The summed E-state index contributed by atoms with van der Waals surface area (Å²) in [6.45, 7) is 0. The Hall–Kier alpha value is -1.21. The van der Waals surface area contributed by atoms with E-state index in [1.54, 1.807) is 0 Å². The summed E-state index contributed by atoms with van der Waals surface area (Å²) in [4.78, 5) is 19.1. The molecule has 0 fully saturated rings. The minimum absolute atomic E-state index is 0. The third kappa shape index (κ3) is 369. The molecule has 21 heavy (non-hydrogen) atoms. The first-order chi connectivity index (χ1) is 5.63. The summed E-state index contributed by atoms with van der Waals surface area (Å²) >= 11 is 0. The zero-order valence-corrected chi connectivity index (χ0v) is 11.8. The molecule has 0 amide bonds. The first-order valence-electron chi connectivity index (χ1n) is 2.46. The van der Waals surface area contributed by atoms with E-state index >= 15 is 0 Å². The number of aliphatic carboxylic acids is 2. The third-order valence-electron chi connectivity index (χ3n) is 0.368. The van der Waals surface area contributed by atoms with Gasteiger partial charge in [0.1, 0.15) is 0 Å². The Morgan fingerprint density at radius 2 is 0.762 bits per heavy atom. The molecule has 0 aliphatic heterocycles. The van der Waals surface area contributed by atoms with E-state index in [2.05, 4.69) is 0 Å². The Morgan fingerprint density at radius 1 is 0.667 bits per heavy atom. The molecule has 0 aromatic heterocycles. The molecule has 0 unspecified atom stereocenters. The van der Waals surface area contributed by atoms with Gasteiger partial charge in [0, 0.05) is 29.2 Å². The van der Waals surface area contributed by atoms with Gasteiger partial charge in [-0.3, -0.25) is 9.11 Å². The molecule has 0 rings (SSSR count). The van der Waals surface area contributed by atoms with Crippen LogP contribution in [0.1, 0.15) is 0 Å². The molecule has 0 bridgehead atoms. The number of carbonyl (C=O) groups is 2. The zero-order valence-electron chi connectivity index (χ0n) is 9.84. The van der Waals surface area contributed by atoms with Crippen LogP contribution in [0.2, 0.25) is 0 Å². The molecule has 0 aliphatic carbocycles. The Kier molecular flexibility index (Phi) is 126. The van der Waals surface area contributed by atoms with Crippen molar-refractivity contribution < 1.29 is 92.7 Å². The van der Waals surface area contributed by atoms with Gasteiger partial charge >= 0.3 is 22.3 Å². The van der Waals surface area contributed by atoms with Crippen LogP contribution in [0.3, 0.4) is 0 Å². The fraction of sp³-hybridized carbons (Fsp3) is 0. The predicted octanol–water partition coefficient (Wildman–Crippen LogP) is -6.72. The van der Waals surface area contributed by atoms with E-state index in [-0.39, 0.29) is 55.4 Å². The maximum Gasteiger partial charge on any atom is 0.394 e. The minimum atomic E-state index is -4.67. The van der Waals surface area contributed by atoms with Crippen molar-refractivity contribution in [3.05, 3.63) is 12.2 Å². The Balaban J connectivity index is -0.0000000108. The van der Waals surface area contributed by atoms with Crippen molar-refractivity contribution >= 4 is 22.3 Å². The molecular weight excluding hydrogens is 376 g/mol. The smallest absolute Gasteiger partial charge is 0.394 e. The van der Waals surface area contributed by atoms with Crippen LogP contribution in [0.25, 0.3) is 0 Å². The molecule has 18 N–H and O–H groups in total. The van der Waals surface area contributed by atoms with Gasteiger partial charge in [-0.05, 0) is 0 Å². The summed E-state index contributed by atoms with van der Waals surface area (Å²) in [6.07, 6.45) is 1.12. The van der Waals surface area contributed by atoms with Crippen LogP contribution in [0, 0.1) is 0 Å². The average Bonchev–Trinajstić information content (AvgIpc) is 1.79. The maximum absolute atomic E-state index is 9.55. The van der Waals surface area contributed by atoms with Crippen molar-refractivity contribution in [1.29, 1.82) is 0 Å². The van der Waals surface area contributed by atoms with Gasteiger partial charge in [0.2, 0.25) is 0 Å². The Morgan fingerprint density at radius 3 is 0.810 bits per heavy atom. The molecule has 140 valence electrons. The summed E-state index contributed by atoms with van der Waals surface area (Å²) in [5, 5.41) is 15.6. The average molecular weight is 396 g/mol. The summed E-state index contributed by atoms with van der Waals surface area (Å²) in [7, 11) is -4.67. The fourth-order valence-electron chi connectivity index (χ4n) is 0.143. The van der Waals surface area contributed by atoms with Crippen LogP contribution in [-0.2, 0) is 37.1 Å². The molecule has 0 aromatic carbocycles. The van der Waals surface area contributed by atoms with E-state index in [9.17, 15) is 9.59 Å². The molecule has 0 aromatic rings. The van der Waals surface area contributed by atoms with Gasteiger partial charge in [-0.15, -0.1) is 0 Å². The first kappa shape index (κ1) is 72.9. The van der Waals surface area contributed by atoms with Crippen LogP contribution < -0.4 is 0 Å².